The highest BCUT2D eigenvalue weighted by Gasteiger charge is 2.20. The fraction of sp³-hybridized carbons (Fsp3) is 0.727. The van der Waals surface area contributed by atoms with Crippen LogP contribution in [0.3, 0.4) is 0 Å². The fourth-order valence-electron chi connectivity index (χ4n) is 3.75. The maximum atomic E-state index is 5.88. The van der Waals surface area contributed by atoms with Crippen LogP contribution in [-0.2, 0) is 0 Å². The number of hydrogen-bond donors (Lipinski definition) is 0. The Bertz CT molecular complexity index is 418. The van der Waals surface area contributed by atoms with Crippen molar-refractivity contribution in [3.05, 3.63) is 24.3 Å². The van der Waals surface area contributed by atoms with E-state index in [1.54, 1.807) is 0 Å². The molecule has 0 aliphatic heterocycles. The highest BCUT2D eigenvalue weighted by atomic mass is 16.5. The Morgan fingerprint density at radius 1 is 0.708 bits per heavy atom. The Balaban J connectivity index is 1.56. The minimum Gasteiger partial charge on any atom is -0.494 e. The standard InChI is InChI=1S/C22H36O2/c1-3-5-17-23-21-13-15-22(16-14-21)24-18-6-8-20-11-9-19(7-4-2)10-12-20/h13-16,19-20H,3-12,17-18H2,1-2H3. The molecule has 1 saturated carbocycles. The summed E-state index contributed by atoms with van der Waals surface area (Å²) in [6.45, 7) is 6.13. The van der Waals surface area contributed by atoms with E-state index in [1.807, 2.05) is 24.3 Å². The van der Waals surface area contributed by atoms with E-state index in [-0.39, 0.29) is 0 Å². The van der Waals surface area contributed by atoms with Crippen molar-refractivity contribution in [2.24, 2.45) is 11.8 Å². The molecular weight excluding hydrogens is 296 g/mol. The molecule has 0 bridgehead atoms. The summed E-state index contributed by atoms with van der Waals surface area (Å²) in [6, 6.07) is 8.08. The van der Waals surface area contributed by atoms with Crippen molar-refractivity contribution in [2.75, 3.05) is 13.2 Å². The molecular formula is C22H36O2. The van der Waals surface area contributed by atoms with Gasteiger partial charge in [-0.25, -0.2) is 0 Å². The molecule has 1 aliphatic carbocycles. The van der Waals surface area contributed by atoms with Crippen molar-refractivity contribution in [1.82, 2.24) is 0 Å². The van der Waals surface area contributed by atoms with Gasteiger partial charge in [0.05, 0.1) is 13.2 Å². The second kappa shape index (κ2) is 11.4. The van der Waals surface area contributed by atoms with Gasteiger partial charge in [-0.15, -0.1) is 0 Å². The third-order valence-corrected chi connectivity index (χ3v) is 5.28. The predicted molar refractivity (Wildman–Crippen MR) is 102 cm³/mol. The van der Waals surface area contributed by atoms with Gasteiger partial charge in [0.1, 0.15) is 11.5 Å². The summed E-state index contributed by atoms with van der Waals surface area (Å²) >= 11 is 0. The SMILES string of the molecule is CCCCOc1ccc(OCCCC2CCC(CCC)CC2)cc1. The molecule has 2 rings (SSSR count). The van der Waals surface area contributed by atoms with E-state index in [1.165, 1.54) is 57.8 Å². The summed E-state index contributed by atoms with van der Waals surface area (Å²) in [5, 5.41) is 0. The Hall–Kier alpha value is -1.18. The number of unbranched alkanes of at least 4 members (excludes halogenated alkanes) is 1. The second-order valence-electron chi connectivity index (χ2n) is 7.34. The fourth-order valence-corrected chi connectivity index (χ4v) is 3.75. The molecule has 2 heteroatoms. The van der Waals surface area contributed by atoms with Crippen LogP contribution in [0.2, 0.25) is 0 Å². The van der Waals surface area contributed by atoms with Gasteiger partial charge in [0.2, 0.25) is 0 Å². The quantitative estimate of drug-likeness (QED) is 0.423. The van der Waals surface area contributed by atoms with Gasteiger partial charge < -0.3 is 9.47 Å². The van der Waals surface area contributed by atoms with Crippen molar-refractivity contribution in [2.45, 2.75) is 78.1 Å². The Kier molecular flexibility index (Phi) is 9.09. The maximum absolute atomic E-state index is 5.88. The van der Waals surface area contributed by atoms with Crippen LogP contribution in [0.1, 0.15) is 78.1 Å². The van der Waals surface area contributed by atoms with Crippen LogP contribution < -0.4 is 9.47 Å². The zero-order chi connectivity index (χ0) is 17.0. The van der Waals surface area contributed by atoms with Crippen molar-refractivity contribution >= 4 is 0 Å². The second-order valence-corrected chi connectivity index (χ2v) is 7.34. The third kappa shape index (κ3) is 7.15. The van der Waals surface area contributed by atoms with Gasteiger partial charge in [0.25, 0.3) is 0 Å². The first-order chi connectivity index (χ1) is 11.8. The first-order valence-electron chi connectivity index (χ1n) is 10.2. The normalized spacial score (nSPS) is 20.8. The lowest BCUT2D eigenvalue weighted by Crippen LogP contribution is -2.15. The minimum atomic E-state index is 0.803. The van der Waals surface area contributed by atoms with Gasteiger partial charge in [-0.05, 0) is 55.4 Å². The lowest BCUT2D eigenvalue weighted by Gasteiger charge is -2.28. The van der Waals surface area contributed by atoms with Crippen LogP contribution in [0.25, 0.3) is 0 Å². The largest absolute Gasteiger partial charge is 0.494 e. The maximum Gasteiger partial charge on any atom is 0.119 e. The van der Waals surface area contributed by atoms with Crippen LogP contribution in [0, 0.1) is 11.8 Å². The van der Waals surface area contributed by atoms with Gasteiger partial charge >= 0.3 is 0 Å². The zero-order valence-corrected chi connectivity index (χ0v) is 15.8. The number of hydrogen-bond acceptors (Lipinski definition) is 2. The molecule has 136 valence electrons. The van der Waals surface area contributed by atoms with E-state index >= 15 is 0 Å². The van der Waals surface area contributed by atoms with Gasteiger partial charge in [-0.1, -0.05) is 58.8 Å². The van der Waals surface area contributed by atoms with Gasteiger partial charge in [-0.2, -0.15) is 0 Å². The molecule has 1 fully saturated rings. The molecule has 1 aromatic carbocycles. The molecule has 1 aliphatic rings. The summed E-state index contributed by atoms with van der Waals surface area (Å²) in [7, 11) is 0. The van der Waals surface area contributed by atoms with Gasteiger partial charge in [-0.3, -0.25) is 0 Å². The summed E-state index contributed by atoms with van der Waals surface area (Å²) in [4.78, 5) is 0. The van der Waals surface area contributed by atoms with Crippen LogP contribution in [0.15, 0.2) is 24.3 Å². The number of rotatable bonds is 11. The number of ether oxygens (including phenoxy) is 2. The van der Waals surface area contributed by atoms with Crippen molar-refractivity contribution in [1.29, 1.82) is 0 Å². The summed E-state index contributed by atoms with van der Waals surface area (Å²) < 4.78 is 11.6. The summed E-state index contributed by atoms with van der Waals surface area (Å²) in [5.41, 5.74) is 0. The molecule has 0 radical (unpaired) electrons. The van der Waals surface area contributed by atoms with Gasteiger partial charge in [0.15, 0.2) is 0 Å². The van der Waals surface area contributed by atoms with Crippen LogP contribution in [0.4, 0.5) is 0 Å². The Morgan fingerprint density at radius 2 is 1.21 bits per heavy atom. The molecule has 0 spiro atoms. The average molecular weight is 333 g/mol. The number of benzene rings is 1. The van der Waals surface area contributed by atoms with Crippen molar-refractivity contribution < 1.29 is 9.47 Å². The van der Waals surface area contributed by atoms with E-state index in [4.69, 9.17) is 9.47 Å². The van der Waals surface area contributed by atoms with Gasteiger partial charge in [0, 0.05) is 0 Å². The van der Waals surface area contributed by atoms with Crippen molar-refractivity contribution in [3.63, 3.8) is 0 Å². The molecule has 0 atom stereocenters. The van der Waals surface area contributed by atoms with E-state index in [2.05, 4.69) is 13.8 Å². The molecule has 0 saturated heterocycles. The van der Waals surface area contributed by atoms with E-state index in [0.717, 1.165) is 43.0 Å². The molecule has 0 amide bonds. The smallest absolute Gasteiger partial charge is 0.119 e. The van der Waals surface area contributed by atoms with Crippen LogP contribution in [-0.4, -0.2) is 13.2 Å². The predicted octanol–water partition coefficient (Wildman–Crippen LogP) is 6.63. The lowest BCUT2D eigenvalue weighted by molar-refractivity contribution is 0.230. The molecule has 0 unspecified atom stereocenters. The summed E-state index contributed by atoms with van der Waals surface area (Å²) in [5.74, 6) is 3.86. The molecule has 24 heavy (non-hydrogen) atoms. The first-order valence-corrected chi connectivity index (χ1v) is 10.2. The topological polar surface area (TPSA) is 18.5 Å². The highest BCUT2D eigenvalue weighted by molar-refractivity contribution is 5.31. The van der Waals surface area contributed by atoms with Crippen LogP contribution in [0.5, 0.6) is 11.5 Å². The molecule has 0 heterocycles. The molecule has 0 aromatic heterocycles. The van der Waals surface area contributed by atoms with E-state index in [0.29, 0.717) is 0 Å². The molecule has 2 nitrogen and oxygen atoms in total. The average Bonchev–Trinajstić information content (AvgIpc) is 2.62. The van der Waals surface area contributed by atoms with E-state index in [9.17, 15) is 0 Å². The minimum absolute atomic E-state index is 0.803. The monoisotopic (exact) mass is 332 g/mol. The Morgan fingerprint density at radius 3 is 1.71 bits per heavy atom. The Labute approximate surface area is 148 Å². The van der Waals surface area contributed by atoms with Crippen LogP contribution >= 0.6 is 0 Å². The lowest BCUT2D eigenvalue weighted by atomic mass is 9.78. The molecule has 0 N–H and O–H groups in total. The zero-order valence-electron chi connectivity index (χ0n) is 15.8. The first kappa shape index (κ1) is 19.1. The third-order valence-electron chi connectivity index (χ3n) is 5.28. The van der Waals surface area contributed by atoms with Crippen molar-refractivity contribution in [3.8, 4) is 11.5 Å². The highest BCUT2D eigenvalue weighted by Crippen LogP contribution is 2.33. The summed E-state index contributed by atoms with van der Waals surface area (Å²) in [6.07, 6.45) is 13.4. The molecule has 1 aromatic rings. The van der Waals surface area contributed by atoms with E-state index < -0.39 is 0 Å².